The monoisotopic (exact) mass is 568 g/mol. The zero-order valence-electron chi connectivity index (χ0n) is 24.4. The normalized spacial score (nSPS) is 12.8. The summed E-state index contributed by atoms with van der Waals surface area (Å²) in [6.07, 6.45) is 0. The van der Waals surface area contributed by atoms with Gasteiger partial charge in [-0.1, -0.05) is 127 Å². The van der Waals surface area contributed by atoms with Gasteiger partial charge in [-0.05, 0) is 62.9 Å². The van der Waals surface area contributed by atoms with Crippen LogP contribution in [0.25, 0.3) is 77.2 Å². The number of nitrogens with zero attached hydrogens (tertiary/aromatic N) is 2. The van der Waals surface area contributed by atoms with E-state index in [1.54, 1.807) is 0 Å². The van der Waals surface area contributed by atoms with E-state index in [2.05, 4.69) is 161 Å². The molecule has 0 spiro atoms. The molecule has 0 bridgehead atoms. The van der Waals surface area contributed by atoms with Crippen molar-refractivity contribution in [3.63, 3.8) is 0 Å². The van der Waals surface area contributed by atoms with Gasteiger partial charge in [0, 0.05) is 44.0 Å². The number of fused-ring (bicyclic) bond motifs is 10. The van der Waals surface area contributed by atoms with Crippen LogP contribution in [0, 0.1) is 0 Å². The van der Waals surface area contributed by atoms with Crippen molar-refractivity contribution >= 4 is 66.7 Å². The van der Waals surface area contributed by atoms with Crippen LogP contribution in [0.4, 0.5) is 0 Å². The minimum absolute atomic E-state index is 0.129. The van der Waals surface area contributed by atoms with E-state index in [0.29, 0.717) is 0 Å². The van der Waals surface area contributed by atoms with Gasteiger partial charge in [0.2, 0.25) is 0 Å². The highest BCUT2D eigenvalue weighted by Gasteiger charge is 2.41. The van der Waals surface area contributed by atoms with E-state index >= 15 is 0 Å². The highest BCUT2D eigenvalue weighted by Crippen LogP contribution is 2.43. The highest BCUT2D eigenvalue weighted by molar-refractivity contribution is 7.00. The summed E-state index contributed by atoms with van der Waals surface area (Å²) in [6, 6.07) is 56.2. The smallest absolute Gasteiger partial charge is 0.252 e. The molecule has 2 nitrogen and oxygen atoms in total. The molecular formula is C42H25BN2. The van der Waals surface area contributed by atoms with Crippen LogP contribution < -0.4 is 16.4 Å². The molecule has 2 aliphatic rings. The Labute approximate surface area is 260 Å². The zero-order valence-corrected chi connectivity index (χ0v) is 24.4. The van der Waals surface area contributed by atoms with Crippen molar-refractivity contribution in [2.75, 3.05) is 0 Å². The summed E-state index contributed by atoms with van der Waals surface area (Å²) in [5.41, 5.74) is 17.0. The molecule has 0 fully saturated rings. The molecular weight excluding hydrogens is 543 g/mol. The summed E-state index contributed by atoms with van der Waals surface area (Å²) in [4.78, 5) is 0. The summed E-state index contributed by atoms with van der Waals surface area (Å²) >= 11 is 0. The molecule has 206 valence electrons. The molecule has 0 atom stereocenters. The Morgan fingerprint density at radius 2 is 0.822 bits per heavy atom. The molecule has 0 aliphatic carbocycles. The van der Waals surface area contributed by atoms with Crippen LogP contribution in [0.3, 0.4) is 0 Å². The van der Waals surface area contributed by atoms with Crippen LogP contribution in [0.5, 0.6) is 0 Å². The summed E-state index contributed by atoms with van der Waals surface area (Å²) in [5, 5.41) is 5.29. The minimum Gasteiger partial charge on any atom is -0.310 e. The Bertz CT molecular complexity index is 2510. The van der Waals surface area contributed by atoms with Crippen LogP contribution in [0.1, 0.15) is 0 Å². The lowest BCUT2D eigenvalue weighted by Gasteiger charge is -2.34. The van der Waals surface area contributed by atoms with Crippen molar-refractivity contribution in [1.82, 2.24) is 9.13 Å². The first-order valence-corrected chi connectivity index (χ1v) is 15.7. The Balaban J connectivity index is 1.34. The number of para-hydroxylation sites is 2. The molecule has 3 heteroatoms. The highest BCUT2D eigenvalue weighted by atomic mass is 15.0. The number of aromatic nitrogens is 2. The maximum atomic E-state index is 2.55. The lowest BCUT2D eigenvalue weighted by atomic mass is 9.34. The summed E-state index contributed by atoms with van der Waals surface area (Å²) in [6.45, 7) is 0.129. The lowest BCUT2D eigenvalue weighted by molar-refractivity contribution is 1.14. The third-order valence-electron chi connectivity index (χ3n) is 10.3. The number of rotatable bonds is 2. The lowest BCUT2D eigenvalue weighted by Crippen LogP contribution is -2.59. The number of hydrogen-bond donors (Lipinski definition) is 0. The van der Waals surface area contributed by atoms with Crippen molar-refractivity contribution in [2.45, 2.75) is 0 Å². The molecule has 2 aromatic heterocycles. The number of benzene rings is 7. The van der Waals surface area contributed by atoms with Gasteiger partial charge >= 0.3 is 0 Å². The Morgan fingerprint density at radius 3 is 1.31 bits per heavy atom. The zero-order chi connectivity index (χ0) is 29.2. The van der Waals surface area contributed by atoms with Crippen LogP contribution >= 0.6 is 0 Å². The number of hydrogen-bond acceptors (Lipinski definition) is 0. The predicted molar refractivity (Wildman–Crippen MR) is 191 cm³/mol. The topological polar surface area (TPSA) is 9.86 Å². The fourth-order valence-corrected chi connectivity index (χ4v) is 8.63. The first-order chi connectivity index (χ1) is 22.4. The quantitative estimate of drug-likeness (QED) is 0.186. The van der Waals surface area contributed by atoms with Gasteiger partial charge in [0.25, 0.3) is 6.71 Å². The van der Waals surface area contributed by atoms with E-state index in [-0.39, 0.29) is 6.71 Å². The maximum absolute atomic E-state index is 2.55. The third-order valence-corrected chi connectivity index (χ3v) is 10.3. The van der Waals surface area contributed by atoms with Gasteiger partial charge in [-0.2, -0.15) is 0 Å². The molecule has 0 saturated heterocycles. The van der Waals surface area contributed by atoms with E-state index in [0.717, 1.165) is 0 Å². The first kappa shape index (κ1) is 23.6. The second-order valence-corrected chi connectivity index (χ2v) is 12.4. The molecule has 0 radical (unpaired) electrons. The van der Waals surface area contributed by atoms with Gasteiger partial charge in [-0.3, -0.25) is 0 Å². The van der Waals surface area contributed by atoms with E-state index in [1.807, 2.05) is 0 Å². The standard InChI is InChI=1S/C42H25BN2/c1-3-12-26(13-4-1)28-22-24-32-41-38(28)30-16-7-9-18-34(30)44(41)36-20-11-21-37-40(36)43(32)33-25-23-29(27-14-5-2-6-15-27)39-31-17-8-10-19-35(31)45(37)42(33)39/h1-25H. The van der Waals surface area contributed by atoms with Crippen molar-refractivity contribution in [1.29, 1.82) is 0 Å². The fraction of sp³-hybridized carbons (Fsp3) is 0. The van der Waals surface area contributed by atoms with Crippen LogP contribution in [0.2, 0.25) is 0 Å². The summed E-state index contributed by atoms with van der Waals surface area (Å²) in [5.74, 6) is 0. The van der Waals surface area contributed by atoms with E-state index < -0.39 is 0 Å². The van der Waals surface area contributed by atoms with Gasteiger partial charge in [-0.15, -0.1) is 0 Å². The SMILES string of the molecule is c1ccc(-c2ccc3c4c2c2ccccc2n4-c2cccc4c2B3c2ccc(-c3ccccc3)c3c5ccccc5n-4c23)cc1. The molecule has 0 saturated carbocycles. The third kappa shape index (κ3) is 2.87. The summed E-state index contributed by atoms with van der Waals surface area (Å²) < 4.78 is 5.10. The first-order valence-electron chi connectivity index (χ1n) is 15.7. The average Bonchev–Trinajstić information content (AvgIpc) is 3.64. The minimum atomic E-state index is 0.129. The maximum Gasteiger partial charge on any atom is 0.252 e. The van der Waals surface area contributed by atoms with Crippen LogP contribution in [0.15, 0.2) is 152 Å². The van der Waals surface area contributed by atoms with Crippen molar-refractivity contribution in [3.8, 4) is 33.6 Å². The fourth-order valence-electron chi connectivity index (χ4n) is 8.63. The molecule has 45 heavy (non-hydrogen) atoms. The Hall–Kier alpha value is -5.80. The van der Waals surface area contributed by atoms with Gasteiger partial charge < -0.3 is 9.13 Å². The van der Waals surface area contributed by atoms with Gasteiger partial charge in [0.15, 0.2) is 0 Å². The molecule has 7 aromatic carbocycles. The molecule has 9 aromatic rings. The van der Waals surface area contributed by atoms with E-state index in [4.69, 9.17) is 0 Å². The van der Waals surface area contributed by atoms with Crippen molar-refractivity contribution < 1.29 is 0 Å². The second-order valence-electron chi connectivity index (χ2n) is 12.4. The second kappa shape index (κ2) is 8.43. The molecule has 2 aliphatic heterocycles. The Kier molecular flexibility index (Phi) is 4.43. The average molecular weight is 568 g/mol. The van der Waals surface area contributed by atoms with Gasteiger partial charge in [0.1, 0.15) is 0 Å². The van der Waals surface area contributed by atoms with Gasteiger partial charge in [-0.25, -0.2) is 0 Å². The summed E-state index contributed by atoms with van der Waals surface area (Å²) in [7, 11) is 0. The van der Waals surface area contributed by atoms with Crippen molar-refractivity contribution in [2.24, 2.45) is 0 Å². The molecule has 11 rings (SSSR count). The van der Waals surface area contributed by atoms with Crippen LogP contribution in [-0.4, -0.2) is 15.8 Å². The molecule has 0 unspecified atom stereocenters. The van der Waals surface area contributed by atoms with Gasteiger partial charge in [0.05, 0.1) is 11.0 Å². The molecule has 0 amide bonds. The molecule has 0 N–H and O–H groups in total. The van der Waals surface area contributed by atoms with Crippen LogP contribution in [-0.2, 0) is 0 Å². The van der Waals surface area contributed by atoms with E-state index in [1.165, 1.54) is 93.6 Å². The predicted octanol–water partition coefficient (Wildman–Crippen LogP) is 8.36. The molecule has 4 heterocycles. The largest absolute Gasteiger partial charge is 0.310 e. The Morgan fingerprint density at radius 1 is 0.378 bits per heavy atom. The van der Waals surface area contributed by atoms with E-state index in [9.17, 15) is 0 Å². The van der Waals surface area contributed by atoms with Crippen molar-refractivity contribution in [3.05, 3.63) is 152 Å².